The van der Waals surface area contributed by atoms with Gasteiger partial charge in [-0.25, -0.2) is 9.36 Å². The summed E-state index contributed by atoms with van der Waals surface area (Å²) in [5.74, 6) is -0.250. The van der Waals surface area contributed by atoms with Gasteiger partial charge in [0.05, 0.1) is 12.1 Å². The Bertz CT molecular complexity index is 861. The van der Waals surface area contributed by atoms with Crippen LogP contribution in [0.1, 0.15) is 29.8 Å². The fraction of sp³-hybridized carbons (Fsp3) is 0.353. The summed E-state index contributed by atoms with van der Waals surface area (Å²) in [5, 5.41) is 2.19. The lowest BCUT2D eigenvalue weighted by Gasteiger charge is -2.32. The molecule has 2 atom stereocenters. The second-order valence-electron chi connectivity index (χ2n) is 5.84. The number of para-hydroxylation sites is 2. The fourth-order valence-electron chi connectivity index (χ4n) is 3.60. The number of fused-ring (bicyclic) bond motifs is 2. The third kappa shape index (κ3) is 2.12. The molecule has 0 aliphatic carbocycles. The molecule has 4 nitrogen and oxygen atoms in total. The van der Waals surface area contributed by atoms with Crippen molar-refractivity contribution in [2.75, 3.05) is 6.54 Å². The van der Waals surface area contributed by atoms with E-state index in [1.165, 1.54) is 15.3 Å². The molecule has 1 aliphatic heterocycles. The molecule has 3 heterocycles. The maximum absolute atomic E-state index is 12.2. The Morgan fingerprint density at radius 2 is 2.23 bits per heavy atom. The summed E-state index contributed by atoms with van der Waals surface area (Å²) >= 11 is 1.86. The molecule has 0 amide bonds. The van der Waals surface area contributed by atoms with Crippen LogP contribution >= 0.6 is 11.3 Å². The maximum atomic E-state index is 12.2. The number of hydrogen-bond donors (Lipinski definition) is 1. The average molecular weight is 315 g/mol. The minimum atomic E-state index is -0.250. The van der Waals surface area contributed by atoms with E-state index in [0.29, 0.717) is 18.3 Å². The third-order valence-electron chi connectivity index (χ3n) is 4.66. The third-order valence-corrected chi connectivity index (χ3v) is 5.66. The van der Waals surface area contributed by atoms with Crippen LogP contribution in [0.2, 0.25) is 0 Å². The van der Waals surface area contributed by atoms with Crippen LogP contribution in [0.4, 0.5) is 0 Å². The lowest BCUT2D eigenvalue weighted by Crippen LogP contribution is -3.12. The zero-order chi connectivity index (χ0) is 15.1. The van der Waals surface area contributed by atoms with Gasteiger partial charge in [0.15, 0.2) is 12.3 Å². The number of hydrogen-bond acceptors (Lipinski definition) is 3. The lowest BCUT2D eigenvalue weighted by molar-refractivity contribution is -0.955. The summed E-state index contributed by atoms with van der Waals surface area (Å²) in [6.45, 7) is 3.97. The molecule has 3 aromatic rings. The van der Waals surface area contributed by atoms with Crippen molar-refractivity contribution in [3.05, 3.63) is 56.7 Å². The predicted octanol–water partition coefficient (Wildman–Crippen LogP) is 2.21. The predicted molar refractivity (Wildman–Crippen MR) is 87.4 cm³/mol. The monoisotopic (exact) mass is 315 g/mol. The number of nitrogens with zero attached hydrogens (tertiary/aromatic N) is 1. The van der Waals surface area contributed by atoms with Gasteiger partial charge >= 0.3 is 5.76 Å². The minimum Gasteiger partial charge on any atom is -0.408 e. The second kappa shape index (κ2) is 5.41. The highest BCUT2D eigenvalue weighted by molar-refractivity contribution is 7.10. The molecule has 1 aliphatic rings. The molecule has 0 saturated carbocycles. The molecule has 1 aromatic carbocycles. The quantitative estimate of drug-likeness (QED) is 0.805. The Labute approximate surface area is 132 Å². The molecule has 0 fully saturated rings. The van der Waals surface area contributed by atoms with E-state index in [1.54, 1.807) is 4.57 Å². The Morgan fingerprint density at radius 3 is 3.09 bits per heavy atom. The van der Waals surface area contributed by atoms with Gasteiger partial charge in [0.25, 0.3) is 0 Å². The van der Waals surface area contributed by atoms with E-state index in [0.717, 1.165) is 24.9 Å². The van der Waals surface area contributed by atoms with Gasteiger partial charge in [-0.2, -0.15) is 0 Å². The van der Waals surface area contributed by atoms with Gasteiger partial charge < -0.3 is 9.32 Å². The normalized spacial score (nSPS) is 21.1. The van der Waals surface area contributed by atoms with Crippen molar-refractivity contribution < 1.29 is 9.32 Å². The number of nitrogens with one attached hydrogen (secondary N) is 1. The molecule has 1 N–H and O–H groups in total. The topological polar surface area (TPSA) is 39.6 Å². The van der Waals surface area contributed by atoms with E-state index >= 15 is 0 Å². The first-order valence-corrected chi connectivity index (χ1v) is 8.65. The molecule has 5 heteroatoms. The molecular weight excluding hydrogens is 296 g/mol. The first-order chi connectivity index (χ1) is 10.8. The van der Waals surface area contributed by atoms with E-state index in [1.807, 2.05) is 35.6 Å². The summed E-state index contributed by atoms with van der Waals surface area (Å²) in [6.07, 6.45) is 2.19. The molecule has 0 spiro atoms. The summed E-state index contributed by atoms with van der Waals surface area (Å²) in [4.78, 5) is 15.1. The standard InChI is InChI=1S/C17H18N2O2S/c1-2-13-12-8-10-22-16(12)7-9-18(13)11-19-14-5-3-4-6-15(14)21-17(19)20/h3-6,8,10,13H,2,7,9,11H2,1H3/p+1/t13-/m1/s1. The Kier molecular flexibility index (Phi) is 3.39. The lowest BCUT2D eigenvalue weighted by atomic mass is 9.98. The first-order valence-electron chi connectivity index (χ1n) is 7.77. The van der Waals surface area contributed by atoms with Crippen LogP contribution in [0.3, 0.4) is 0 Å². The van der Waals surface area contributed by atoms with Crippen LogP contribution in [0.15, 0.2) is 44.9 Å². The first kappa shape index (κ1) is 13.8. The van der Waals surface area contributed by atoms with Crippen molar-refractivity contribution in [3.63, 3.8) is 0 Å². The average Bonchev–Trinajstić information content (AvgIpc) is 3.12. The van der Waals surface area contributed by atoms with Crippen molar-refractivity contribution in [2.24, 2.45) is 0 Å². The fourth-order valence-corrected chi connectivity index (χ4v) is 4.54. The Balaban J connectivity index is 1.71. The van der Waals surface area contributed by atoms with Gasteiger partial charge in [0.2, 0.25) is 0 Å². The minimum absolute atomic E-state index is 0.250. The molecule has 114 valence electrons. The molecule has 1 unspecified atom stereocenters. The number of rotatable bonds is 3. The second-order valence-corrected chi connectivity index (χ2v) is 6.84. The molecule has 4 rings (SSSR count). The highest BCUT2D eigenvalue weighted by atomic mass is 32.1. The zero-order valence-electron chi connectivity index (χ0n) is 12.5. The van der Waals surface area contributed by atoms with Gasteiger partial charge in [-0.1, -0.05) is 19.1 Å². The van der Waals surface area contributed by atoms with Gasteiger partial charge in [0, 0.05) is 23.3 Å². The van der Waals surface area contributed by atoms with Crippen LogP contribution in [0.25, 0.3) is 11.1 Å². The van der Waals surface area contributed by atoms with E-state index in [4.69, 9.17) is 4.42 Å². The van der Waals surface area contributed by atoms with Gasteiger partial charge in [0.1, 0.15) is 6.04 Å². The van der Waals surface area contributed by atoms with Crippen LogP contribution in [0.5, 0.6) is 0 Å². The Morgan fingerprint density at radius 1 is 1.36 bits per heavy atom. The van der Waals surface area contributed by atoms with Gasteiger partial charge in [-0.05, 0) is 23.6 Å². The van der Waals surface area contributed by atoms with Crippen molar-refractivity contribution >= 4 is 22.4 Å². The van der Waals surface area contributed by atoms with E-state index < -0.39 is 0 Å². The van der Waals surface area contributed by atoms with Crippen molar-refractivity contribution in [2.45, 2.75) is 32.5 Å². The van der Waals surface area contributed by atoms with Crippen LogP contribution < -0.4 is 10.7 Å². The SMILES string of the molecule is CC[C@@H]1c2ccsc2CC[NH+]1Cn1c(=O)oc2ccccc21. The highest BCUT2D eigenvalue weighted by Gasteiger charge is 2.31. The molecular formula is C17H19N2O2S+. The molecule has 2 aromatic heterocycles. The van der Waals surface area contributed by atoms with E-state index in [9.17, 15) is 4.79 Å². The Hall–Kier alpha value is -1.85. The number of aromatic nitrogens is 1. The van der Waals surface area contributed by atoms with Gasteiger partial charge in [-0.15, -0.1) is 11.3 Å². The maximum Gasteiger partial charge on any atom is 0.424 e. The van der Waals surface area contributed by atoms with E-state index in [2.05, 4.69) is 18.4 Å². The summed E-state index contributed by atoms with van der Waals surface area (Å²) < 4.78 is 7.14. The van der Waals surface area contributed by atoms with Crippen molar-refractivity contribution in [3.8, 4) is 0 Å². The molecule has 0 saturated heterocycles. The number of quaternary nitrogens is 1. The van der Waals surface area contributed by atoms with Crippen LogP contribution in [0, 0.1) is 0 Å². The number of thiophene rings is 1. The van der Waals surface area contributed by atoms with Crippen molar-refractivity contribution in [1.29, 1.82) is 0 Å². The smallest absolute Gasteiger partial charge is 0.408 e. The number of oxazole rings is 1. The summed E-state index contributed by atoms with van der Waals surface area (Å²) in [7, 11) is 0. The van der Waals surface area contributed by atoms with Crippen LogP contribution in [-0.2, 0) is 13.1 Å². The van der Waals surface area contributed by atoms with E-state index in [-0.39, 0.29) is 5.76 Å². The summed E-state index contributed by atoms with van der Waals surface area (Å²) in [5.41, 5.74) is 3.04. The number of benzene rings is 1. The van der Waals surface area contributed by atoms with Crippen LogP contribution in [-0.4, -0.2) is 11.1 Å². The molecule has 0 radical (unpaired) electrons. The molecule has 0 bridgehead atoms. The zero-order valence-corrected chi connectivity index (χ0v) is 13.4. The molecule has 22 heavy (non-hydrogen) atoms. The highest BCUT2D eigenvalue weighted by Crippen LogP contribution is 2.27. The van der Waals surface area contributed by atoms with Gasteiger partial charge in [-0.3, -0.25) is 0 Å². The summed E-state index contributed by atoms with van der Waals surface area (Å²) in [6, 6.07) is 10.4. The van der Waals surface area contributed by atoms with Crippen molar-refractivity contribution in [1.82, 2.24) is 4.57 Å². The largest absolute Gasteiger partial charge is 0.424 e.